The van der Waals surface area contributed by atoms with Crippen molar-refractivity contribution in [2.75, 3.05) is 13.6 Å². The Bertz CT molecular complexity index is 411. The summed E-state index contributed by atoms with van der Waals surface area (Å²) in [7, 11) is 1.85. The monoisotopic (exact) mass is 343 g/mol. The van der Waals surface area contributed by atoms with Crippen molar-refractivity contribution in [1.29, 1.82) is 0 Å². The van der Waals surface area contributed by atoms with Crippen LogP contribution in [0, 0.1) is 0 Å². The summed E-state index contributed by atoms with van der Waals surface area (Å²) in [5.41, 5.74) is 0. The Morgan fingerprint density at radius 1 is 1.37 bits per heavy atom. The predicted octanol–water partition coefficient (Wildman–Crippen LogP) is 3.55. The van der Waals surface area contributed by atoms with Gasteiger partial charge in [-0.1, -0.05) is 19.3 Å². The molecule has 2 rings (SSSR count). The van der Waals surface area contributed by atoms with E-state index in [1.807, 2.05) is 7.05 Å². The van der Waals surface area contributed by atoms with E-state index in [-0.39, 0.29) is 0 Å². The molecule has 0 saturated heterocycles. The SMILES string of the molecule is CN=C(NCCc1ccc(Br)s1)NC1CCCCC1. The third kappa shape index (κ3) is 5.15. The van der Waals surface area contributed by atoms with Crippen molar-refractivity contribution in [3.63, 3.8) is 0 Å². The zero-order valence-corrected chi connectivity index (χ0v) is 13.8. The third-order valence-electron chi connectivity index (χ3n) is 3.46. The van der Waals surface area contributed by atoms with Gasteiger partial charge in [0.1, 0.15) is 0 Å². The van der Waals surface area contributed by atoms with Crippen molar-refractivity contribution in [2.45, 2.75) is 44.6 Å². The Morgan fingerprint density at radius 3 is 2.79 bits per heavy atom. The van der Waals surface area contributed by atoms with Gasteiger partial charge in [0.2, 0.25) is 0 Å². The zero-order valence-electron chi connectivity index (χ0n) is 11.4. The molecule has 0 bridgehead atoms. The minimum absolute atomic E-state index is 0.607. The highest BCUT2D eigenvalue weighted by atomic mass is 79.9. The molecular formula is C14H22BrN3S. The van der Waals surface area contributed by atoms with Crippen molar-refractivity contribution in [3.05, 3.63) is 20.8 Å². The van der Waals surface area contributed by atoms with Crippen LogP contribution in [-0.2, 0) is 6.42 Å². The fraction of sp³-hybridized carbons (Fsp3) is 0.643. The smallest absolute Gasteiger partial charge is 0.191 e. The van der Waals surface area contributed by atoms with Gasteiger partial charge in [0, 0.05) is 24.5 Å². The topological polar surface area (TPSA) is 36.4 Å². The molecule has 0 unspecified atom stereocenters. The second kappa shape index (κ2) is 7.90. The molecule has 3 nitrogen and oxygen atoms in total. The Labute approximate surface area is 128 Å². The van der Waals surface area contributed by atoms with E-state index in [0.29, 0.717) is 6.04 Å². The maximum Gasteiger partial charge on any atom is 0.191 e. The lowest BCUT2D eigenvalue weighted by Crippen LogP contribution is -2.44. The van der Waals surface area contributed by atoms with Gasteiger partial charge in [0.25, 0.3) is 0 Å². The summed E-state index contributed by atoms with van der Waals surface area (Å²) in [6.07, 6.45) is 7.67. The number of nitrogens with one attached hydrogen (secondary N) is 2. The first kappa shape index (κ1) is 14.9. The second-order valence-electron chi connectivity index (χ2n) is 4.93. The largest absolute Gasteiger partial charge is 0.356 e. The van der Waals surface area contributed by atoms with Gasteiger partial charge in [0.05, 0.1) is 3.79 Å². The first-order valence-electron chi connectivity index (χ1n) is 6.99. The number of hydrogen-bond acceptors (Lipinski definition) is 2. The summed E-state index contributed by atoms with van der Waals surface area (Å²) in [5, 5.41) is 6.93. The lowest BCUT2D eigenvalue weighted by molar-refractivity contribution is 0.410. The van der Waals surface area contributed by atoms with Crippen molar-refractivity contribution < 1.29 is 0 Å². The summed E-state index contributed by atoms with van der Waals surface area (Å²) in [5.74, 6) is 0.947. The number of aliphatic imine (C=N–C) groups is 1. The van der Waals surface area contributed by atoms with Crippen LogP contribution in [0.1, 0.15) is 37.0 Å². The van der Waals surface area contributed by atoms with E-state index < -0.39 is 0 Å². The first-order valence-corrected chi connectivity index (χ1v) is 8.60. The second-order valence-corrected chi connectivity index (χ2v) is 7.48. The van der Waals surface area contributed by atoms with E-state index in [1.165, 1.54) is 40.8 Å². The molecule has 1 fully saturated rings. The van der Waals surface area contributed by atoms with Crippen LogP contribution in [0.25, 0.3) is 0 Å². The van der Waals surface area contributed by atoms with Crippen LogP contribution in [0.15, 0.2) is 20.9 Å². The number of rotatable bonds is 4. The van der Waals surface area contributed by atoms with E-state index in [9.17, 15) is 0 Å². The van der Waals surface area contributed by atoms with Gasteiger partial charge >= 0.3 is 0 Å². The molecule has 106 valence electrons. The van der Waals surface area contributed by atoms with Gasteiger partial charge in [-0.2, -0.15) is 0 Å². The van der Waals surface area contributed by atoms with Crippen LogP contribution in [0.4, 0.5) is 0 Å². The molecule has 0 radical (unpaired) electrons. The molecule has 0 atom stereocenters. The average Bonchev–Trinajstić information content (AvgIpc) is 2.84. The quantitative estimate of drug-likeness (QED) is 0.647. The van der Waals surface area contributed by atoms with Crippen molar-refractivity contribution in [3.8, 4) is 0 Å². The predicted molar refractivity (Wildman–Crippen MR) is 87.1 cm³/mol. The minimum Gasteiger partial charge on any atom is -0.356 e. The van der Waals surface area contributed by atoms with E-state index in [4.69, 9.17) is 0 Å². The summed E-state index contributed by atoms with van der Waals surface area (Å²) in [6, 6.07) is 4.89. The van der Waals surface area contributed by atoms with Crippen LogP contribution in [0.2, 0.25) is 0 Å². The van der Waals surface area contributed by atoms with Gasteiger partial charge in [-0.25, -0.2) is 0 Å². The van der Waals surface area contributed by atoms with E-state index in [0.717, 1.165) is 18.9 Å². The highest BCUT2D eigenvalue weighted by molar-refractivity contribution is 9.11. The molecule has 0 aliphatic heterocycles. The highest BCUT2D eigenvalue weighted by Gasteiger charge is 2.14. The Kier molecular flexibility index (Phi) is 6.17. The average molecular weight is 344 g/mol. The molecule has 19 heavy (non-hydrogen) atoms. The van der Waals surface area contributed by atoms with Crippen LogP contribution in [0.5, 0.6) is 0 Å². The summed E-state index contributed by atoms with van der Waals surface area (Å²) in [6.45, 7) is 0.930. The first-order chi connectivity index (χ1) is 9.28. The van der Waals surface area contributed by atoms with Crippen LogP contribution >= 0.6 is 27.3 Å². The van der Waals surface area contributed by atoms with Crippen LogP contribution < -0.4 is 10.6 Å². The van der Waals surface area contributed by atoms with Crippen molar-refractivity contribution >= 4 is 33.2 Å². The highest BCUT2D eigenvalue weighted by Crippen LogP contribution is 2.22. The number of halogens is 1. The van der Waals surface area contributed by atoms with Crippen molar-refractivity contribution in [2.24, 2.45) is 4.99 Å². The standard InChI is InChI=1S/C14H22BrN3S/c1-16-14(18-11-5-3-2-4-6-11)17-10-9-12-7-8-13(15)19-12/h7-8,11H,2-6,9-10H2,1H3,(H2,16,17,18). The minimum atomic E-state index is 0.607. The molecule has 0 amide bonds. The molecule has 2 N–H and O–H groups in total. The fourth-order valence-electron chi connectivity index (χ4n) is 2.43. The summed E-state index contributed by atoms with van der Waals surface area (Å²) >= 11 is 5.29. The molecule has 1 heterocycles. The molecule has 0 spiro atoms. The van der Waals surface area contributed by atoms with Gasteiger partial charge in [-0.3, -0.25) is 4.99 Å². The van der Waals surface area contributed by atoms with Gasteiger partial charge in [-0.15, -0.1) is 11.3 Å². The zero-order chi connectivity index (χ0) is 13.5. The molecule has 5 heteroatoms. The summed E-state index contributed by atoms with van der Waals surface area (Å²) in [4.78, 5) is 5.70. The molecule has 0 aromatic carbocycles. The molecule has 1 aliphatic carbocycles. The normalized spacial score (nSPS) is 17.5. The molecule has 1 aliphatic rings. The molecule has 1 aromatic rings. The third-order valence-corrected chi connectivity index (χ3v) is 5.15. The molecule has 1 aromatic heterocycles. The van der Waals surface area contributed by atoms with Crippen molar-refractivity contribution in [1.82, 2.24) is 10.6 Å². The number of hydrogen-bond donors (Lipinski definition) is 2. The maximum absolute atomic E-state index is 4.31. The van der Waals surface area contributed by atoms with E-state index in [2.05, 4.69) is 43.7 Å². The maximum atomic E-state index is 4.31. The van der Waals surface area contributed by atoms with Crippen LogP contribution in [-0.4, -0.2) is 25.6 Å². The Morgan fingerprint density at radius 2 is 2.16 bits per heavy atom. The van der Waals surface area contributed by atoms with E-state index in [1.54, 1.807) is 11.3 Å². The molecular weight excluding hydrogens is 322 g/mol. The van der Waals surface area contributed by atoms with Gasteiger partial charge < -0.3 is 10.6 Å². The molecule has 1 saturated carbocycles. The van der Waals surface area contributed by atoms with E-state index >= 15 is 0 Å². The van der Waals surface area contributed by atoms with Gasteiger partial charge in [0.15, 0.2) is 5.96 Å². The number of thiophene rings is 1. The fourth-order valence-corrected chi connectivity index (χ4v) is 3.91. The Hall–Kier alpha value is -0.550. The lowest BCUT2D eigenvalue weighted by atomic mass is 9.96. The summed E-state index contributed by atoms with van der Waals surface area (Å²) < 4.78 is 1.20. The van der Waals surface area contributed by atoms with Crippen LogP contribution in [0.3, 0.4) is 0 Å². The Balaban J connectivity index is 1.70. The number of nitrogens with zero attached hydrogens (tertiary/aromatic N) is 1. The van der Waals surface area contributed by atoms with Gasteiger partial charge in [-0.05, 0) is 47.3 Å². The lowest BCUT2D eigenvalue weighted by Gasteiger charge is -2.24. The number of guanidine groups is 1.